The molecule has 8 heavy (non-hydrogen) atoms. The first kappa shape index (κ1) is 16.0. The maximum atomic E-state index is 4.25. The molecule has 0 aliphatic rings. The van der Waals surface area contributed by atoms with Crippen molar-refractivity contribution in [1.29, 1.82) is 0 Å². The Morgan fingerprint density at radius 1 is 1.38 bits per heavy atom. The molecule has 0 radical (unpaired) electrons. The molecular formula is C6H15NY+. The van der Waals surface area contributed by atoms with E-state index < -0.39 is 0 Å². The van der Waals surface area contributed by atoms with Gasteiger partial charge in [-0.1, -0.05) is 19.8 Å². The molecule has 0 rings (SSSR count). The van der Waals surface area contributed by atoms with E-state index in [9.17, 15) is 0 Å². The van der Waals surface area contributed by atoms with Crippen molar-refractivity contribution in [2.24, 2.45) is 5.73 Å². The van der Waals surface area contributed by atoms with Crippen molar-refractivity contribution < 1.29 is 32.7 Å². The van der Waals surface area contributed by atoms with Crippen molar-refractivity contribution in [3.8, 4) is 0 Å². The molecule has 0 aromatic carbocycles. The van der Waals surface area contributed by atoms with Gasteiger partial charge in [0.25, 0.3) is 0 Å². The number of hydrogen-bond acceptors (Lipinski definition) is 1. The third kappa shape index (κ3) is 27.7. The number of unbranched alkanes of at least 4 members (excludes halogenated alkanes) is 2. The summed E-state index contributed by atoms with van der Waals surface area (Å²) in [5.74, 6) is 0. The second-order valence-corrected chi connectivity index (χ2v) is 1.21. The number of rotatable bonds is 2. The van der Waals surface area contributed by atoms with E-state index in [4.69, 9.17) is 0 Å². The minimum absolute atomic E-state index is 0. The Hall–Kier alpha value is 1.06. The molecule has 46 valence electrons. The molecule has 0 amide bonds. The van der Waals surface area contributed by atoms with E-state index >= 15 is 0 Å². The van der Waals surface area contributed by atoms with Crippen LogP contribution in [0.4, 0.5) is 0 Å². The van der Waals surface area contributed by atoms with E-state index in [-0.39, 0.29) is 32.7 Å². The van der Waals surface area contributed by atoms with Crippen LogP contribution >= 0.6 is 0 Å². The van der Waals surface area contributed by atoms with Crippen LogP contribution < -0.4 is 5.73 Å². The first-order valence-electron chi connectivity index (χ1n) is 2.62. The van der Waals surface area contributed by atoms with Crippen LogP contribution in [0.15, 0.2) is 0 Å². The summed E-state index contributed by atoms with van der Waals surface area (Å²) in [6.07, 6.45) is 3.65. The molecule has 0 aromatic heterocycles. The van der Waals surface area contributed by atoms with Gasteiger partial charge in [0.1, 0.15) is 0 Å². The average Bonchev–Trinajstić information content (AvgIpc) is 1.75. The quantitative estimate of drug-likeness (QED) is 0.659. The van der Waals surface area contributed by atoms with Gasteiger partial charge in [-0.05, 0) is 0 Å². The molecule has 0 saturated heterocycles. The molecule has 0 aliphatic carbocycles. The molecule has 0 fully saturated rings. The minimum Gasteiger partial charge on any atom is -0.486 e. The van der Waals surface area contributed by atoms with Gasteiger partial charge in [-0.25, -0.2) is 0 Å². The molecular weight excluding hydrogens is 175 g/mol. The summed E-state index contributed by atoms with van der Waals surface area (Å²) in [4.78, 5) is 0. The number of nitrogens with two attached hydrogens (primary N) is 1. The standard InChI is InChI=1S/C5H11.CH4N.Y/c1-3-5-4-2;1-2;/h1,3-5H2,2H3;1-2H2;/q2*-1;+3. The maximum absolute atomic E-state index is 4.25. The largest absolute Gasteiger partial charge is 3.00 e. The zero-order valence-electron chi connectivity index (χ0n) is 5.69. The van der Waals surface area contributed by atoms with Gasteiger partial charge >= 0.3 is 32.7 Å². The van der Waals surface area contributed by atoms with Crippen molar-refractivity contribution >= 4 is 0 Å². The topological polar surface area (TPSA) is 26.0 Å². The molecule has 2 heteroatoms. The fourth-order valence-corrected chi connectivity index (χ4v) is 0.250. The van der Waals surface area contributed by atoms with Crippen LogP contribution in [0.5, 0.6) is 0 Å². The normalized spacial score (nSPS) is 6.00. The van der Waals surface area contributed by atoms with Crippen molar-refractivity contribution in [3.05, 3.63) is 14.0 Å². The Bertz CT molecular complexity index is 16.0. The summed E-state index contributed by atoms with van der Waals surface area (Å²) < 4.78 is 0. The maximum Gasteiger partial charge on any atom is 3.00 e. The molecule has 0 bridgehead atoms. The van der Waals surface area contributed by atoms with Crippen molar-refractivity contribution in [3.63, 3.8) is 0 Å². The number of hydrogen-bond donors (Lipinski definition) is 1. The fourth-order valence-electron chi connectivity index (χ4n) is 0.250. The second-order valence-electron chi connectivity index (χ2n) is 1.21. The smallest absolute Gasteiger partial charge is 0.486 e. The predicted molar refractivity (Wildman–Crippen MR) is 34.4 cm³/mol. The summed E-state index contributed by atoms with van der Waals surface area (Å²) >= 11 is 0. The van der Waals surface area contributed by atoms with Gasteiger partial charge in [0, 0.05) is 0 Å². The Morgan fingerprint density at radius 2 is 1.75 bits per heavy atom. The van der Waals surface area contributed by atoms with Crippen molar-refractivity contribution in [2.75, 3.05) is 0 Å². The first-order chi connectivity index (χ1) is 3.41. The van der Waals surface area contributed by atoms with E-state index in [1.165, 1.54) is 12.8 Å². The van der Waals surface area contributed by atoms with E-state index in [2.05, 4.69) is 26.6 Å². The Kier molecular flexibility index (Phi) is 48.8. The summed E-state index contributed by atoms with van der Waals surface area (Å²) in [5.41, 5.74) is 4.25. The molecule has 1 nitrogen and oxygen atoms in total. The molecule has 0 aromatic rings. The van der Waals surface area contributed by atoms with Gasteiger partial charge in [0.2, 0.25) is 0 Å². The SMILES string of the molecule is [CH2-]CCCC.[CH2-]N.[Y+3]. The Morgan fingerprint density at radius 3 is 1.75 bits per heavy atom. The molecule has 0 heterocycles. The Balaban J connectivity index is -0.0000000750. The van der Waals surface area contributed by atoms with E-state index in [0.717, 1.165) is 6.42 Å². The fraction of sp³-hybridized carbons (Fsp3) is 0.667. The molecule has 0 aliphatic heterocycles. The van der Waals surface area contributed by atoms with E-state index in [0.29, 0.717) is 0 Å². The first-order valence-corrected chi connectivity index (χ1v) is 2.62. The van der Waals surface area contributed by atoms with Gasteiger partial charge in [-0.15, -0.1) is 0 Å². The monoisotopic (exact) mass is 190 g/mol. The van der Waals surface area contributed by atoms with Gasteiger partial charge < -0.3 is 12.7 Å². The van der Waals surface area contributed by atoms with E-state index in [1.807, 2.05) is 0 Å². The molecule has 0 saturated carbocycles. The van der Waals surface area contributed by atoms with Crippen LogP contribution in [0.3, 0.4) is 0 Å². The van der Waals surface area contributed by atoms with E-state index in [1.54, 1.807) is 0 Å². The summed E-state index contributed by atoms with van der Waals surface area (Å²) in [5, 5.41) is 0. The van der Waals surface area contributed by atoms with Gasteiger partial charge in [-0.3, -0.25) is 7.05 Å². The summed E-state index contributed by atoms with van der Waals surface area (Å²) in [6, 6.07) is 0. The molecule has 0 unspecified atom stereocenters. The molecule has 0 atom stereocenters. The zero-order chi connectivity index (χ0) is 6.12. The Labute approximate surface area is 78.3 Å². The van der Waals surface area contributed by atoms with Crippen LogP contribution in [0.25, 0.3) is 0 Å². The van der Waals surface area contributed by atoms with Crippen LogP contribution in [-0.4, -0.2) is 0 Å². The molecule has 0 spiro atoms. The van der Waals surface area contributed by atoms with Crippen LogP contribution in [-0.2, 0) is 32.7 Å². The summed E-state index contributed by atoms with van der Waals surface area (Å²) in [7, 11) is 2.75. The van der Waals surface area contributed by atoms with Crippen LogP contribution in [0.1, 0.15) is 26.2 Å². The molecule has 2 N–H and O–H groups in total. The van der Waals surface area contributed by atoms with Crippen LogP contribution in [0, 0.1) is 14.0 Å². The summed E-state index contributed by atoms with van der Waals surface area (Å²) in [6.45, 7) is 5.85. The van der Waals surface area contributed by atoms with Gasteiger partial charge in [0.15, 0.2) is 0 Å². The average molecular weight is 190 g/mol. The predicted octanol–water partition coefficient (Wildman–Crippen LogP) is 1.74. The zero-order valence-corrected chi connectivity index (χ0v) is 8.53. The van der Waals surface area contributed by atoms with Crippen LogP contribution in [0.2, 0.25) is 0 Å². The van der Waals surface area contributed by atoms with Crippen molar-refractivity contribution in [2.45, 2.75) is 26.2 Å². The van der Waals surface area contributed by atoms with Crippen molar-refractivity contribution in [1.82, 2.24) is 0 Å². The van der Waals surface area contributed by atoms with Gasteiger partial charge in [-0.2, -0.15) is 6.42 Å². The third-order valence-electron chi connectivity index (χ3n) is 0.604. The second kappa shape index (κ2) is 24.4. The third-order valence-corrected chi connectivity index (χ3v) is 0.604. The van der Waals surface area contributed by atoms with Gasteiger partial charge in [0.05, 0.1) is 0 Å². The minimum atomic E-state index is 0.